The second kappa shape index (κ2) is 4.21. The molecule has 1 fully saturated rings. The molecule has 2 radical (unpaired) electrons. The van der Waals surface area contributed by atoms with E-state index in [0.717, 1.165) is 3.93 Å². The maximum absolute atomic E-state index is 10.9. The number of carbonyl (C=O) groups excluding carboxylic acids is 1. The summed E-state index contributed by atoms with van der Waals surface area (Å²) in [5.41, 5.74) is 0. The number of hydrogen-bond donors (Lipinski definition) is 1. The van der Waals surface area contributed by atoms with Crippen molar-refractivity contribution in [3.05, 3.63) is 0 Å². The zero-order chi connectivity index (χ0) is 7.40. The molecule has 2 nitrogen and oxygen atoms in total. The number of amides is 1. The van der Waals surface area contributed by atoms with Crippen LogP contribution in [0.25, 0.3) is 0 Å². The summed E-state index contributed by atoms with van der Waals surface area (Å²) in [4.78, 5) is 10.9. The molecule has 0 heterocycles. The Hall–Kier alpha value is 0.269. The van der Waals surface area contributed by atoms with E-state index in [9.17, 15) is 4.79 Å². The second-order valence-corrected chi connectivity index (χ2v) is 7.16. The van der Waals surface area contributed by atoms with E-state index in [1.54, 1.807) is 7.05 Å². The first-order valence-electron chi connectivity index (χ1n) is 3.81. The first-order chi connectivity index (χ1) is 4.83. The van der Waals surface area contributed by atoms with Crippen molar-refractivity contribution in [3.63, 3.8) is 0 Å². The molecule has 0 aromatic carbocycles. The van der Waals surface area contributed by atoms with E-state index >= 15 is 0 Å². The molecule has 0 unspecified atom stereocenters. The van der Waals surface area contributed by atoms with Gasteiger partial charge in [-0.15, -0.1) is 0 Å². The Bertz CT molecular complexity index is 121. The van der Waals surface area contributed by atoms with Gasteiger partial charge in [-0.3, -0.25) is 0 Å². The third-order valence-electron chi connectivity index (χ3n) is 1.92. The van der Waals surface area contributed by atoms with Crippen molar-refractivity contribution >= 4 is 25.1 Å². The topological polar surface area (TPSA) is 29.1 Å². The number of rotatable bonds is 2. The van der Waals surface area contributed by atoms with Crippen LogP contribution in [0.3, 0.4) is 0 Å². The Morgan fingerprint density at radius 1 is 1.50 bits per heavy atom. The molecule has 0 spiro atoms. The van der Waals surface area contributed by atoms with Crippen LogP contribution in [-0.4, -0.2) is 32.1 Å². The standard InChI is InChI=1S/C5H9.C2H4NO.Sn/c1-2-4-5-3-1;1-3-2-4;/h1H,2-5H2;1H3,(H,3,4);. The SMILES string of the molecule is CN[C](=O)[Sn][CH]1CCCC1. The Kier molecular flexibility index (Phi) is 3.52. The molecular formula is C7H13NOSn. The van der Waals surface area contributed by atoms with Gasteiger partial charge in [-0.05, 0) is 0 Å². The quantitative estimate of drug-likeness (QED) is 0.733. The fraction of sp³-hybridized carbons (Fsp3) is 0.857. The first kappa shape index (κ1) is 8.37. The van der Waals surface area contributed by atoms with Gasteiger partial charge in [0, 0.05) is 0 Å². The zero-order valence-electron chi connectivity index (χ0n) is 6.31. The molecule has 1 aliphatic rings. The summed E-state index contributed by atoms with van der Waals surface area (Å²) in [5, 5.41) is 2.73. The molecule has 0 aromatic rings. The van der Waals surface area contributed by atoms with E-state index in [-0.39, 0.29) is 0 Å². The average Bonchev–Trinajstić information content (AvgIpc) is 2.40. The minimum absolute atomic E-state index is 0.371. The fourth-order valence-electron chi connectivity index (χ4n) is 1.33. The molecule has 1 rings (SSSR count). The van der Waals surface area contributed by atoms with E-state index < -0.39 is 21.1 Å². The molecule has 1 aliphatic carbocycles. The fourth-order valence-corrected chi connectivity index (χ4v) is 4.79. The van der Waals surface area contributed by atoms with Crippen LogP contribution in [0.15, 0.2) is 0 Å². The Labute approximate surface area is 72.0 Å². The third-order valence-corrected chi connectivity index (χ3v) is 6.19. The minimum atomic E-state index is -0.703. The van der Waals surface area contributed by atoms with Crippen molar-refractivity contribution in [2.75, 3.05) is 7.05 Å². The predicted octanol–water partition coefficient (Wildman–Crippen LogP) is 1.39. The number of nitrogens with one attached hydrogen (secondary N) is 1. The van der Waals surface area contributed by atoms with Crippen molar-refractivity contribution in [3.8, 4) is 0 Å². The van der Waals surface area contributed by atoms with Crippen LogP contribution < -0.4 is 5.32 Å². The second-order valence-electron chi connectivity index (χ2n) is 2.70. The van der Waals surface area contributed by atoms with Crippen molar-refractivity contribution in [2.45, 2.75) is 29.6 Å². The summed E-state index contributed by atoms with van der Waals surface area (Å²) in [5.74, 6) is 0. The van der Waals surface area contributed by atoms with Gasteiger partial charge in [-0.25, -0.2) is 0 Å². The van der Waals surface area contributed by atoms with Gasteiger partial charge in [-0.1, -0.05) is 0 Å². The monoisotopic (exact) mass is 247 g/mol. The van der Waals surface area contributed by atoms with Gasteiger partial charge >= 0.3 is 71.8 Å². The Balaban J connectivity index is 2.17. The van der Waals surface area contributed by atoms with Gasteiger partial charge in [0.2, 0.25) is 0 Å². The summed E-state index contributed by atoms with van der Waals surface area (Å²) in [7, 11) is 1.75. The van der Waals surface area contributed by atoms with Crippen LogP contribution >= 0.6 is 0 Å². The molecule has 0 saturated heterocycles. The molecule has 0 bridgehead atoms. The van der Waals surface area contributed by atoms with E-state index in [1.807, 2.05) is 0 Å². The normalized spacial score (nSPS) is 19.3. The van der Waals surface area contributed by atoms with Crippen LogP contribution in [0.4, 0.5) is 4.79 Å². The van der Waals surface area contributed by atoms with Gasteiger partial charge in [0.25, 0.3) is 0 Å². The Morgan fingerprint density at radius 3 is 2.60 bits per heavy atom. The van der Waals surface area contributed by atoms with Crippen LogP contribution in [-0.2, 0) is 0 Å². The van der Waals surface area contributed by atoms with Crippen molar-refractivity contribution < 1.29 is 4.79 Å². The number of hydrogen-bond acceptors (Lipinski definition) is 1. The summed E-state index contributed by atoms with van der Waals surface area (Å²) >= 11 is -0.703. The van der Waals surface area contributed by atoms with Gasteiger partial charge in [0.1, 0.15) is 0 Å². The van der Waals surface area contributed by atoms with Crippen LogP contribution in [0.2, 0.25) is 3.93 Å². The van der Waals surface area contributed by atoms with Crippen LogP contribution in [0, 0.1) is 0 Å². The molecule has 1 saturated carbocycles. The van der Waals surface area contributed by atoms with E-state index in [2.05, 4.69) is 5.32 Å². The van der Waals surface area contributed by atoms with Gasteiger partial charge in [-0.2, -0.15) is 0 Å². The maximum atomic E-state index is 10.9. The van der Waals surface area contributed by atoms with Gasteiger partial charge in [0.15, 0.2) is 0 Å². The molecule has 1 amide bonds. The molecular weight excluding hydrogens is 233 g/mol. The van der Waals surface area contributed by atoms with Crippen LogP contribution in [0.1, 0.15) is 25.7 Å². The van der Waals surface area contributed by atoms with E-state index in [4.69, 9.17) is 0 Å². The molecule has 3 heteroatoms. The summed E-state index contributed by atoms with van der Waals surface area (Å²) < 4.78 is 1.22. The average molecular weight is 246 g/mol. The summed E-state index contributed by atoms with van der Waals surface area (Å²) in [6, 6.07) is 0. The summed E-state index contributed by atoms with van der Waals surface area (Å²) in [6.07, 6.45) is 5.39. The molecule has 10 heavy (non-hydrogen) atoms. The molecule has 0 aromatic heterocycles. The number of carbonyl (C=O) groups is 1. The summed E-state index contributed by atoms with van der Waals surface area (Å²) in [6.45, 7) is 0. The molecule has 0 atom stereocenters. The van der Waals surface area contributed by atoms with Crippen LogP contribution in [0.5, 0.6) is 0 Å². The molecule has 1 N–H and O–H groups in total. The molecule has 0 aliphatic heterocycles. The molecule has 56 valence electrons. The Morgan fingerprint density at radius 2 is 2.10 bits per heavy atom. The zero-order valence-corrected chi connectivity index (χ0v) is 9.17. The van der Waals surface area contributed by atoms with Gasteiger partial charge < -0.3 is 0 Å². The van der Waals surface area contributed by atoms with Crippen molar-refractivity contribution in [1.29, 1.82) is 0 Å². The van der Waals surface area contributed by atoms with E-state index in [0.29, 0.717) is 3.92 Å². The third kappa shape index (κ3) is 2.48. The van der Waals surface area contributed by atoms with Crippen molar-refractivity contribution in [2.24, 2.45) is 0 Å². The van der Waals surface area contributed by atoms with Crippen molar-refractivity contribution in [1.82, 2.24) is 5.32 Å². The predicted molar refractivity (Wildman–Crippen MR) is 42.4 cm³/mol. The first-order valence-corrected chi connectivity index (χ1v) is 6.88. The van der Waals surface area contributed by atoms with E-state index in [1.165, 1.54) is 25.7 Å². The van der Waals surface area contributed by atoms with Gasteiger partial charge in [0.05, 0.1) is 0 Å².